The van der Waals surface area contributed by atoms with Gasteiger partial charge in [0.25, 0.3) is 0 Å². The van der Waals surface area contributed by atoms with Gasteiger partial charge in [-0.15, -0.1) is 0 Å². The van der Waals surface area contributed by atoms with Crippen molar-refractivity contribution in [2.24, 2.45) is 0 Å². The molecule has 0 aliphatic heterocycles. The number of nitrogens with one attached hydrogen (secondary N) is 2. The zero-order chi connectivity index (χ0) is 18.2. The largest absolute Gasteiger partial charge is 0.350 e. The fourth-order valence-electron chi connectivity index (χ4n) is 2.56. The molecule has 2 N–H and O–H groups in total. The number of pyridine rings is 2. The Morgan fingerprint density at radius 1 is 0.923 bits per heavy atom. The summed E-state index contributed by atoms with van der Waals surface area (Å²) in [4.78, 5) is 20.7. The summed E-state index contributed by atoms with van der Waals surface area (Å²) in [6.07, 6.45) is 6.73. The Morgan fingerprint density at radius 2 is 1.54 bits per heavy atom. The molecular formula is C20H19FN4O. The van der Waals surface area contributed by atoms with Gasteiger partial charge in [0, 0.05) is 37.9 Å². The number of hydrogen-bond donors (Lipinski definition) is 2. The predicted octanol–water partition coefficient (Wildman–Crippen LogP) is 2.76. The van der Waals surface area contributed by atoms with Crippen molar-refractivity contribution >= 4 is 5.91 Å². The summed E-state index contributed by atoms with van der Waals surface area (Å²) >= 11 is 0. The number of halogens is 1. The van der Waals surface area contributed by atoms with Crippen molar-refractivity contribution in [3.8, 4) is 0 Å². The molecule has 0 fully saturated rings. The molecule has 2 aromatic heterocycles. The molecule has 1 atom stereocenters. The highest BCUT2D eigenvalue weighted by Gasteiger charge is 2.20. The number of amides is 1. The van der Waals surface area contributed by atoms with Gasteiger partial charge in [-0.1, -0.05) is 12.1 Å². The van der Waals surface area contributed by atoms with Crippen LogP contribution in [0.2, 0.25) is 0 Å². The number of nitrogens with zero attached hydrogens (tertiary/aromatic N) is 2. The Balaban J connectivity index is 1.72. The van der Waals surface area contributed by atoms with E-state index in [1.807, 2.05) is 24.3 Å². The molecule has 0 saturated carbocycles. The molecule has 0 aliphatic rings. The zero-order valence-electron chi connectivity index (χ0n) is 14.1. The molecule has 0 bridgehead atoms. The molecular weight excluding hydrogens is 331 g/mol. The fourth-order valence-corrected chi connectivity index (χ4v) is 2.56. The van der Waals surface area contributed by atoms with Crippen LogP contribution < -0.4 is 10.6 Å². The van der Waals surface area contributed by atoms with Gasteiger partial charge in [-0.05, 0) is 53.1 Å². The van der Waals surface area contributed by atoms with Gasteiger partial charge in [-0.2, -0.15) is 0 Å². The molecule has 132 valence electrons. The second-order valence-electron chi connectivity index (χ2n) is 5.80. The van der Waals surface area contributed by atoms with Crippen molar-refractivity contribution in [3.63, 3.8) is 0 Å². The van der Waals surface area contributed by atoms with Crippen molar-refractivity contribution in [3.05, 3.63) is 95.8 Å². The maximum atomic E-state index is 13.6. The number of carbonyl (C=O) groups is 1. The van der Waals surface area contributed by atoms with Crippen LogP contribution >= 0.6 is 0 Å². The molecule has 0 radical (unpaired) electrons. The zero-order valence-corrected chi connectivity index (χ0v) is 14.1. The second kappa shape index (κ2) is 8.82. The topological polar surface area (TPSA) is 66.9 Å². The fraction of sp³-hybridized carbons (Fsp3) is 0.150. The minimum absolute atomic E-state index is 0.221. The lowest BCUT2D eigenvalue weighted by Crippen LogP contribution is -2.37. The molecule has 0 aliphatic carbocycles. The van der Waals surface area contributed by atoms with Gasteiger partial charge in [-0.25, -0.2) is 4.39 Å². The number of benzene rings is 1. The van der Waals surface area contributed by atoms with E-state index in [0.29, 0.717) is 18.7 Å². The Labute approximate surface area is 151 Å². The van der Waals surface area contributed by atoms with Crippen LogP contribution in [0.1, 0.15) is 22.7 Å². The summed E-state index contributed by atoms with van der Waals surface area (Å²) in [5.74, 6) is -0.596. The summed E-state index contributed by atoms with van der Waals surface area (Å²) in [6, 6.07) is 12.8. The molecule has 6 heteroatoms. The highest BCUT2D eigenvalue weighted by Crippen LogP contribution is 2.16. The van der Waals surface area contributed by atoms with E-state index in [0.717, 1.165) is 11.1 Å². The Hall–Kier alpha value is -3.12. The van der Waals surface area contributed by atoms with Crippen LogP contribution in [-0.4, -0.2) is 15.9 Å². The number of hydrogen-bond acceptors (Lipinski definition) is 4. The summed E-state index contributed by atoms with van der Waals surface area (Å²) < 4.78 is 13.6. The van der Waals surface area contributed by atoms with Gasteiger partial charge in [0.2, 0.25) is 5.91 Å². The Kier molecular flexibility index (Phi) is 6.01. The molecule has 1 aromatic carbocycles. The van der Waals surface area contributed by atoms with E-state index in [4.69, 9.17) is 0 Å². The lowest BCUT2D eigenvalue weighted by atomic mass is 10.1. The maximum absolute atomic E-state index is 13.6. The molecule has 2 heterocycles. The van der Waals surface area contributed by atoms with E-state index in [1.165, 1.54) is 12.1 Å². The van der Waals surface area contributed by atoms with E-state index < -0.39 is 6.04 Å². The van der Waals surface area contributed by atoms with Crippen molar-refractivity contribution in [1.29, 1.82) is 0 Å². The summed E-state index contributed by atoms with van der Waals surface area (Å²) in [5, 5.41) is 6.09. The average molecular weight is 350 g/mol. The van der Waals surface area contributed by atoms with Crippen molar-refractivity contribution < 1.29 is 9.18 Å². The van der Waals surface area contributed by atoms with Gasteiger partial charge in [-0.3, -0.25) is 20.1 Å². The minimum Gasteiger partial charge on any atom is -0.350 e. The van der Waals surface area contributed by atoms with Gasteiger partial charge in [0.05, 0.1) is 0 Å². The van der Waals surface area contributed by atoms with E-state index in [1.54, 1.807) is 36.9 Å². The van der Waals surface area contributed by atoms with Gasteiger partial charge in [0.15, 0.2) is 0 Å². The van der Waals surface area contributed by atoms with Crippen molar-refractivity contribution in [2.75, 3.05) is 0 Å². The highest BCUT2D eigenvalue weighted by molar-refractivity contribution is 5.83. The number of aromatic nitrogens is 2. The molecule has 5 nitrogen and oxygen atoms in total. The number of rotatable bonds is 7. The smallest absolute Gasteiger partial charge is 0.242 e. The molecule has 0 spiro atoms. The quantitative estimate of drug-likeness (QED) is 0.688. The second-order valence-corrected chi connectivity index (χ2v) is 5.80. The van der Waals surface area contributed by atoms with E-state index >= 15 is 0 Å². The molecule has 3 rings (SSSR count). The third kappa shape index (κ3) is 4.94. The number of carbonyl (C=O) groups excluding carboxylic acids is 1. The lowest BCUT2D eigenvalue weighted by Gasteiger charge is -2.19. The third-order valence-corrected chi connectivity index (χ3v) is 3.92. The first kappa shape index (κ1) is 17.7. The Bertz CT molecular complexity index is 843. The summed E-state index contributed by atoms with van der Waals surface area (Å²) in [6.45, 7) is 0.844. The van der Waals surface area contributed by atoms with E-state index in [-0.39, 0.29) is 11.7 Å². The van der Waals surface area contributed by atoms with Gasteiger partial charge < -0.3 is 5.32 Å². The Morgan fingerprint density at radius 3 is 2.15 bits per heavy atom. The normalized spacial score (nSPS) is 11.7. The van der Waals surface area contributed by atoms with E-state index in [9.17, 15) is 9.18 Å². The lowest BCUT2D eigenvalue weighted by molar-refractivity contribution is -0.123. The van der Waals surface area contributed by atoms with Crippen LogP contribution in [0.3, 0.4) is 0 Å². The standard InChI is InChI=1S/C20H19FN4O/c21-18-3-1-2-17(12-18)19(24-13-15-4-8-22-9-5-15)20(26)25-14-16-6-10-23-11-7-16/h1-12,19,24H,13-14H2,(H,25,26). The minimum atomic E-state index is -0.666. The van der Waals surface area contributed by atoms with Crippen LogP contribution in [0.15, 0.2) is 73.3 Å². The summed E-state index contributed by atoms with van der Waals surface area (Å²) in [5.41, 5.74) is 2.51. The van der Waals surface area contributed by atoms with Gasteiger partial charge in [0.1, 0.15) is 11.9 Å². The molecule has 0 saturated heterocycles. The maximum Gasteiger partial charge on any atom is 0.242 e. The average Bonchev–Trinajstić information content (AvgIpc) is 2.68. The van der Waals surface area contributed by atoms with Crippen LogP contribution in [0.25, 0.3) is 0 Å². The molecule has 3 aromatic rings. The van der Waals surface area contributed by atoms with Crippen molar-refractivity contribution in [1.82, 2.24) is 20.6 Å². The predicted molar refractivity (Wildman–Crippen MR) is 96.3 cm³/mol. The van der Waals surface area contributed by atoms with Crippen LogP contribution in [0.5, 0.6) is 0 Å². The van der Waals surface area contributed by atoms with Crippen LogP contribution in [0, 0.1) is 5.82 Å². The van der Waals surface area contributed by atoms with Crippen LogP contribution in [-0.2, 0) is 17.9 Å². The third-order valence-electron chi connectivity index (χ3n) is 3.92. The first-order chi connectivity index (χ1) is 12.7. The monoisotopic (exact) mass is 350 g/mol. The SMILES string of the molecule is O=C(NCc1ccncc1)C(NCc1ccncc1)c1cccc(F)c1. The van der Waals surface area contributed by atoms with E-state index in [2.05, 4.69) is 20.6 Å². The first-order valence-corrected chi connectivity index (χ1v) is 8.27. The summed E-state index contributed by atoms with van der Waals surface area (Å²) in [7, 11) is 0. The molecule has 1 unspecified atom stereocenters. The first-order valence-electron chi connectivity index (χ1n) is 8.27. The molecule has 1 amide bonds. The van der Waals surface area contributed by atoms with Crippen molar-refractivity contribution in [2.45, 2.75) is 19.1 Å². The van der Waals surface area contributed by atoms with Gasteiger partial charge >= 0.3 is 0 Å². The highest BCUT2D eigenvalue weighted by atomic mass is 19.1. The molecule has 26 heavy (non-hydrogen) atoms. The van der Waals surface area contributed by atoms with Crippen LogP contribution in [0.4, 0.5) is 4.39 Å².